The molecule has 3 fully saturated rings. The lowest BCUT2D eigenvalue weighted by atomic mass is 9.78. The average molecular weight is 550 g/mol. The minimum atomic E-state index is -4.79. The largest absolute Gasteiger partial charge is 0.573 e. The zero-order valence-electron chi connectivity index (χ0n) is 22.0. The van der Waals surface area contributed by atoms with Crippen LogP contribution < -0.4 is 10.1 Å². The third-order valence-electron chi connectivity index (χ3n) is 7.27. The predicted octanol–water partition coefficient (Wildman–Crippen LogP) is 5.27. The summed E-state index contributed by atoms with van der Waals surface area (Å²) in [6.07, 6.45) is -3.66. The fraction of sp³-hybridized carbons (Fsp3) is 0.552. The molecule has 2 aromatic rings. The summed E-state index contributed by atoms with van der Waals surface area (Å²) in [4.78, 5) is 13.7. The molecule has 3 aliphatic rings. The number of hydrogen-bond donors (Lipinski definition) is 1. The highest BCUT2D eigenvalue weighted by Gasteiger charge is 2.58. The summed E-state index contributed by atoms with van der Waals surface area (Å²) >= 11 is 0. The zero-order valence-corrected chi connectivity index (χ0v) is 22.0. The second-order valence-electron chi connectivity index (χ2n) is 11.0. The van der Waals surface area contributed by atoms with E-state index in [9.17, 15) is 18.0 Å². The van der Waals surface area contributed by atoms with Crippen LogP contribution in [0.2, 0.25) is 0 Å². The number of benzene rings is 2. The molecule has 5 rings (SSSR count). The number of halogens is 3. The molecular weight excluding hydrogens is 515 g/mol. The molecule has 2 aliphatic carbocycles. The van der Waals surface area contributed by atoms with E-state index in [1.165, 1.54) is 18.2 Å². The minimum Gasteiger partial charge on any atom is -0.406 e. The summed E-state index contributed by atoms with van der Waals surface area (Å²) in [5.74, 6) is -0.949. The maximum atomic E-state index is 13.7. The van der Waals surface area contributed by atoms with Crippen LogP contribution in [-0.4, -0.2) is 48.5 Å². The van der Waals surface area contributed by atoms with E-state index in [2.05, 4.69) is 10.1 Å². The van der Waals surface area contributed by atoms with Crippen LogP contribution in [0, 0.1) is 5.92 Å². The highest BCUT2D eigenvalue weighted by atomic mass is 19.4. The molecule has 0 radical (unpaired) electrons. The van der Waals surface area contributed by atoms with Crippen molar-refractivity contribution < 1.29 is 41.7 Å². The molecule has 0 bridgehead atoms. The molecule has 212 valence electrons. The third-order valence-corrected chi connectivity index (χ3v) is 7.27. The lowest BCUT2D eigenvalue weighted by Crippen LogP contribution is -2.60. The first-order valence-electron chi connectivity index (χ1n) is 13.3. The highest BCUT2D eigenvalue weighted by Crippen LogP contribution is 2.44. The quantitative estimate of drug-likeness (QED) is 0.436. The van der Waals surface area contributed by atoms with Gasteiger partial charge in [-0.05, 0) is 55.9 Å². The van der Waals surface area contributed by atoms with Crippen LogP contribution in [0.3, 0.4) is 0 Å². The van der Waals surface area contributed by atoms with E-state index in [0.29, 0.717) is 24.4 Å². The Balaban J connectivity index is 1.36. The number of alkyl halides is 3. The van der Waals surface area contributed by atoms with Crippen molar-refractivity contribution >= 4 is 5.91 Å². The fourth-order valence-corrected chi connectivity index (χ4v) is 5.26. The molecule has 7 nitrogen and oxygen atoms in total. The molecule has 0 unspecified atom stereocenters. The van der Waals surface area contributed by atoms with E-state index in [1.807, 2.05) is 30.3 Å². The molecule has 2 saturated carbocycles. The van der Waals surface area contributed by atoms with Crippen molar-refractivity contribution in [3.05, 3.63) is 65.7 Å². The molecule has 4 atom stereocenters. The maximum absolute atomic E-state index is 13.7. The standard InChI is InChI=1S/C29H34F3NO6/c1-27(2)38-24-15-28(26(34)33-16-19-11-12-19,36-18-20-7-4-3-5-8-20)14-23(25(24)39-27)35-17-21-9-6-10-22(13-21)37-29(30,31)32/h3-10,13,19,23-25H,11-12,14-18H2,1-2H3,(H,33,34)/t23-,24-,25+,28-/m1/s1. The van der Waals surface area contributed by atoms with Crippen LogP contribution in [0.1, 0.15) is 50.7 Å². The van der Waals surface area contributed by atoms with Gasteiger partial charge in [0.2, 0.25) is 0 Å². The van der Waals surface area contributed by atoms with Gasteiger partial charge in [-0.15, -0.1) is 13.2 Å². The van der Waals surface area contributed by atoms with Crippen molar-refractivity contribution in [3.63, 3.8) is 0 Å². The van der Waals surface area contributed by atoms with Gasteiger partial charge >= 0.3 is 6.36 Å². The first-order valence-corrected chi connectivity index (χ1v) is 13.3. The summed E-state index contributed by atoms with van der Waals surface area (Å²) in [5.41, 5.74) is 0.185. The molecule has 0 spiro atoms. The normalized spacial score (nSPS) is 28.1. The van der Waals surface area contributed by atoms with Gasteiger partial charge in [0.1, 0.15) is 11.9 Å². The van der Waals surface area contributed by atoms with Gasteiger partial charge in [0, 0.05) is 19.4 Å². The minimum absolute atomic E-state index is 0.00874. The van der Waals surface area contributed by atoms with Crippen molar-refractivity contribution in [2.75, 3.05) is 6.54 Å². The predicted molar refractivity (Wildman–Crippen MR) is 134 cm³/mol. The SMILES string of the molecule is CC1(C)O[C@H]2[C@H](OCc3cccc(OC(F)(F)F)c3)C[C@](OCc3ccccc3)(C(=O)NCC3CC3)C[C@H]2O1. The van der Waals surface area contributed by atoms with Crippen LogP contribution in [0.4, 0.5) is 13.2 Å². The molecule has 10 heteroatoms. The molecule has 2 aromatic carbocycles. The van der Waals surface area contributed by atoms with Crippen molar-refractivity contribution in [2.24, 2.45) is 5.92 Å². The van der Waals surface area contributed by atoms with Gasteiger partial charge in [-0.25, -0.2) is 0 Å². The van der Waals surface area contributed by atoms with Crippen LogP contribution in [0.25, 0.3) is 0 Å². The highest BCUT2D eigenvalue weighted by molar-refractivity contribution is 5.85. The Morgan fingerprint density at radius 1 is 1.00 bits per heavy atom. The lowest BCUT2D eigenvalue weighted by Gasteiger charge is -2.43. The van der Waals surface area contributed by atoms with Crippen LogP contribution in [0.5, 0.6) is 5.75 Å². The summed E-state index contributed by atoms with van der Waals surface area (Å²) in [5, 5.41) is 3.08. The Labute approximate surface area is 225 Å². The van der Waals surface area contributed by atoms with Crippen molar-refractivity contribution in [1.82, 2.24) is 5.32 Å². The van der Waals surface area contributed by atoms with E-state index >= 15 is 0 Å². The summed E-state index contributed by atoms with van der Waals surface area (Å²) in [7, 11) is 0. The Hall–Kier alpha value is -2.66. The Kier molecular flexibility index (Phi) is 7.92. The lowest BCUT2D eigenvalue weighted by molar-refractivity contribution is -0.274. The zero-order chi connectivity index (χ0) is 27.7. The molecule has 1 saturated heterocycles. The molecule has 1 amide bonds. The van der Waals surface area contributed by atoms with Gasteiger partial charge in [-0.3, -0.25) is 4.79 Å². The number of carbonyl (C=O) groups is 1. The number of amides is 1. The number of carbonyl (C=O) groups excluding carboxylic acids is 1. The Morgan fingerprint density at radius 3 is 2.46 bits per heavy atom. The second kappa shape index (κ2) is 11.1. The molecule has 39 heavy (non-hydrogen) atoms. The second-order valence-corrected chi connectivity index (χ2v) is 11.0. The van der Waals surface area contributed by atoms with E-state index < -0.39 is 36.1 Å². The monoisotopic (exact) mass is 549 g/mol. The fourth-order valence-electron chi connectivity index (χ4n) is 5.26. The molecule has 1 aliphatic heterocycles. The van der Waals surface area contributed by atoms with Gasteiger partial charge < -0.3 is 29.0 Å². The number of nitrogens with one attached hydrogen (secondary N) is 1. The maximum Gasteiger partial charge on any atom is 0.573 e. The number of hydrogen-bond acceptors (Lipinski definition) is 6. The summed E-state index contributed by atoms with van der Waals surface area (Å²) in [6, 6.07) is 15.2. The molecule has 1 N–H and O–H groups in total. The summed E-state index contributed by atoms with van der Waals surface area (Å²) < 4.78 is 67.2. The first-order chi connectivity index (χ1) is 18.5. The number of fused-ring (bicyclic) bond motifs is 1. The number of ether oxygens (including phenoxy) is 5. The van der Waals surface area contributed by atoms with Gasteiger partial charge in [-0.1, -0.05) is 42.5 Å². The van der Waals surface area contributed by atoms with E-state index in [1.54, 1.807) is 19.9 Å². The average Bonchev–Trinajstić information content (AvgIpc) is 3.65. The topological polar surface area (TPSA) is 75.2 Å². The van der Waals surface area contributed by atoms with Gasteiger partial charge in [0.15, 0.2) is 11.4 Å². The van der Waals surface area contributed by atoms with Crippen molar-refractivity contribution in [2.45, 2.75) is 88.8 Å². The smallest absolute Gasteiger partial charge is 0.406 e. The van der Waals surface area contributed by atoms with E-state index in [0.717, 1.165) is 18.4 Å². The van der Waals surface area contributed by atoms with Gasteiger partial charge in [0.25, 0.3) is 5.91 Å². The Bertz CT molecular complexity index is 1140. The third kappa shape index (κ3) is 7.30. The van der Waals surface area contributed by atoms with Crippen molar-refractivity contribution in [3.8, 4) is 5.75 Å². The first kappa shape index (κ1) is 27.9. The van der Waals surface area contributed by atoms with Gasteiger partial charge in [0.05, 0.1) is 25.4 Å². The molecule has 0 aromatic heterocycles. The van der Waals surface area contributed by atoms with Gasteiger partial charge in [-0.2, -0.15) is 0 Å². The van der Waals surface area contributed by atoms with E-state index in [4.69, 9.17) is 18.9 Å². The number of rotatable bonds is 10. The van der Waals surface area contributed by atoms with Crippen LogP contribution in [0.15, 0.2) is 54.6 Å². The van der Waals surface area contributed by atoms with E-state index in [-0.39, 0.29) is 31.3 Å². The van der Waals surface area contributed by atoms with Crippen molar-refractivity contribution in [1.29, 1.82) is 0 Å². The Morgan fingerprint density at radius 2 is 1.74 bits per heavy atom. The molecular formula is C29H34F3NO6. The summed E-state index contributed by atoms with van der Waals surface area (Å²) in [6.45, 7) is 4.41. The molecule has 1 heterocycles. The van der Waals surface area contributed by atoms with Crippen LogP contribution >= 0.6 is 0 Å². The van der Waals surface area contributed by atoms with Crippen LogP contribution in [-0.2, 0) is 37.0 Å².